The summed E-state index contributed by atoms with van der Waals surface area (Å²) in [7, 11) is 0. The Morgan fingerprint density at radius 2 is 1.80 bits per heavy atom. The molecular weight excluding hydrogens is 246 g/mol. The van der Waals surface area contributed by atoms with Crippen molar-refractivity contribution in [3.63, 3.8) is 0 Å². The molecule has 2 nitrogen and oxygen atoms in total. The quantitative estimate of drug-likeness (QED) is 0.821. The van der Waals surface area contributed by atoms with Gasteiger partial charge in [0.1, 0.15) is 12.4 Å². The maximum Gasteiger partial charge on any atom is 0.119 e. The minimum atomic E-state index is 0.228. The normalized spacial score (nSPS) is 12.1. The molecule has 0 heterocycles. The summed E-state index contributed by atoms with van der Waals surface area (Å²) in [6.45, 7) is 5.88. The first-order chi connectivity index (χ1) is 9.83. The first kappa shape index (κ1) is 14.6. The Kier molecular flexibility index (Phi) is 5.63. The average Bonchev–Trinajstić information content (AvgIpc) is 2.52. The molecule has 0 fully saturated rings. The fraction of sp³-hybridized carbons (Fsp3) is 0.333. The lowest BCUT2D eigenvalue weighted by molar-refractivity contribution is 0.268. The van der Waals surface area contributed by atoms with Crippen molar-refractivity contribution in [3.8, 4) is 5.75 Å². The highest BCUT2D eigenvalue weighted by atomic mass is 16.5. The molecule has 1 atom stereocenters. The van der Waals surface area contributed by atoms with Gasteiger partial charge in [0.05, 0.1) is 6.04 Å². The smallest absolute Gasteiger partial charge is 0.119 e. The minimum absolute atomic E-state index is 0.228. The molecular formula is C18H23NO. The van der Waals surface area contributed by atoms with E-state index in [4.69, 9.17) is 4.74 Å². The number of nitrogens with one attached hydrogen (secondary N) is 1. The molecule has 0 radical (unpaired) electrons. The van der Waals surface area contributed by atoms with Gasteiger partial charge in [-0.15, -0.1) is 0 Å². The molecule has 0 saturated heterocycles. The van der Waals surface area contributed by atoms with Crippen LogP contribution in [-0.2, 0) is 6.42 Å². The number of benzene rings is 2. The first-order valence-electron chi connectivity index (χ1n) is 7.33. The van der Waals surface area contributed by atoms with Crippen LogP contribution in [0.15, 0.2) is 54.6 Å². The number of aryl methyl sites for hydroxylation is 1. The maximum absolute atomic E-state index is 5.89. The molecule has 20 heavy (non-hydrogen) atoms. The van der Waals surface area contributed by atoms with Crippen LogP contribution in [0.1, 0.15) is 31.0 Å². The van der Waals surface area contributed by atoms with Crippen molar-refractivity contribution >= 4 is 0 Å². The third-order valence-corrected chi connectivity index (χ3v) is 3.37. The lowest BCUT2D eigenvalue weighted by Crippen LogP contribution is -2.26. The Morgan fingerprint density at radius 1 is 1.00 bits per heavy atom. The van der Waals surface area contributed by atoms with E-state index in [1.54, 1.807) is 0 Å². The number of ether oxygens (including phenoxy) is 1. The van der Waals surface area contributed by atoms with E-state index in [-0.39, 0.29) is 6.04 Å². The second kappa shape index (κ2) is 7.71. The first-order valence-corrected chi connectivity index (χ1v) is 7.33. The van der Waals surface area contributed by atoms with Gasteiger partial charge in [0.2, 0.25) is 0 Å². The van der Waals surface area contributed by atoms with Crippen LogP contribution in [0.3, 0.4) is 0 Å². The summed E-state index contributed by atoms with van der Waals surface area (Å²) >= 11 is 0. The predicted octanol–water partition coefficient (Wildman–Crippen LogP) is 3.98. The number of rotatable bonds is 7. The van der Waals surface area contributed by atoms with Crippen LogP contribution in [0.2, 0.25) is 0 Å². The van der Waals surface area contributed by atoms with Gasteiger partial charge < -0.3 is 10.1 Å². The fourth-order valence-electron chi connectivity index (χ4n) is 2.25. The molecule has 2 aromatic carbocycles. The highest BCUT2D eigenvalue weighted by molar-refractivity contribution is 5.27. The molecule has 1 N–H and O–H groups in total. The zero-order valence-electron chi connectivity index (χ0n) is 12.3. The van der Waals surface area contributed by atoms with E-state index < -0.39 is 0 Å². The second-order valence-corrected chi connectivity index (χ2v) is 4.83. The van der Waals surface area contributed by atoms with Gasteiger partial charge >= 0.3 is 0 Å². The molecule has 2 rings (SSSR count). The maximum atomic E-state index is 5.89. The van der Waals surface area contributed by atoms with Crippen molar-refractivity contribution in [2.75, 3.05) is 13.2 Å². The van der Waals surface area contributed by atoms with Crippen molar-refractivity contribution in [2.24, 2.45) is 0 Å². The van der Waals surface area contributed by atoms with Crippen molar-refractivity contribution in [1.29, 1.82) is 0 Å². The van der Waals surface area contributed by atoms with E-state index >= 15 is 0 Å². The summed E-state index contributed by atoms with van der Waals surface area (Å²) in [5.41, 5.74) is 2.66. The zero-order valence-corrected chi connectivity index (χ0v) is 12.3. The van der Waals surface area contributed by atoms with E-state index in [2.05, 4.69) is 43.4 Å². The Morgan fingerprint density at radius 3 is 2.50 bits per heavy atom. The Labute approximate surface area is 121 Å². The number of para-hydroxylation sites is 1. The van der Waals surface area contributed by atoms with Crippen LogP contribution < -0.4 is 10.1 Å². The van der Waals surface area contributed by atoms with Gasteiger partial charge in [0.15, 0.2) is 0 Å². The van der Waals surface area contributed by atoms with E-state index in [0.29, 0.717) is 6.61 Å². The Hall–Kier alpha value is -1.80. The molecule has 2 aromatic rings. The summed E-state index contributed by atoms with van der Waals surface area (Å²) < 4.78 is 5.89. The number of hydrogen-bond donors (Lipinski definition) is 1. The molecule has 2 heteroatoms. The standard InChI is InChI=1S/C18H23NO/c1-3-15-9-8-10-16(13-15)18(19-4-2)14-20-17-11-6-5-7-12-17/h5-13,18-19H,3-4,14H2,1-2H3. The third-order valence-electron chi connectivity index (χ3n) is 3.37. The van der Waals surface area contributed by atoms with E-state index in [0.717, 1.165) is 18.7 Å². The van der Waals surface area contributed by atoms with Crippen molar-refractivity contribution in [2.45, 2.75) is 26.3 Å². The van der Waals surface area contributed by atoms with Gasteiger partial charge in [-0.1, -0.05) is 56.3 Å². The SMILES string of the molecule is CCNC(COc1ccccc1)c1cccc(CC)c1. The summed E-state index contributed by atoms with van der Waals surface area (Å²) in [5, 5.41) is 3.50. The van der Waals surface area contributed by atoms with Gasteiger partial charge in [-0.3, -0.25) is 0 Å². The molecule has 0 bridgehead atoms. The van der Waals surface area contributed by atoms with Crippen LogP contribution in [0.5, 0.6) is 5.75 Å². The highest BCUT2D eigenvalue weighted by Gasteiger charge is 2.11. The molecule has 0 aromatic heterocycles. The van der Waals surface area contributed by atoms with Gasteiger partial charge in [0.25, 0.3) is 0 Å². The molecule has 0 saturated carbocycles. The van der Waals surface area contributed by atoms with Crippen LogP contribution >= 0.6 is 0 Å². The Bertz CT molecular complexity index is 510. The monoisotopic (exact) mass is 269 g/mol. The minimum Gasteiger partial charge on any atom is -0.492 e. The summed E-state index contributed by atoms with van der Waals surface area (Å²) in [4.78, 5) is 0. The third kappa shape index (κ3) is 4.10. The molecule has 0 aliphatic carbocycles. The molecule has 0 aliphatic heterocycles. The predicted molar refractivity (Wildman–Crippen MR) is 84.2 cm³/mol. The number of hydrogen-bond acceptors (Lipinski definition) is 2. The lowest BCUT2D eigenvalue weighted by Gasteiger charge is -2.19. The topological polar surface area (TPSA) is 21.3 Å². The van der Waals surface area contributed by atoms with Gasteiger partial charge in [0, 0.05) is 0 Å². The van der Waals surface area contributed by atoms with Crippen LogP contribution in [0.25, 0.3) is 0 Å². The molecule has 0 spiro atoms. The fourth-order valence-corrected chi connectivity index (χ4v) is 2.25. The number of likely N-dealkylation sites (N-methyl/N-ethyl adjacent to an activating group) is 1. The molecule has 0 amide bonds. The summed E-state index contributed by atoms with van der Waals surface area (Å²) in [6.07, 6.45) is 1.06. The Balaban J connectivity index is 2.06. The van der Waals surface area contributed by atoms with E-state index in [9.17, 15) is 0 Å². The van der Waals surface area contributed by atoms with E-state index in [1.165, 1.54) is 11.1 Å². The van der Waals surface area contributed by atoms with Gasteiger partial charge in [-0.2, -0.15) is 0 Å². The summed E-state index contributed by atoms with van der Waals surface area (Å²) in [5.74, 6) is 0.919. The lowest BCUT2D eigenvalue weighted by atomic mass is 10.0. The van der Waals surface area contributed by atoms with Gasteiger partial charge in [-0.05, 0) is 36.2 Å². The van der Waals surface area contributed by atoms with Crippen LogP contribution in [-0.4, -0.2) is 13.2 Å². The molecule has 106 valence electrons. The van der Waals surface area contributed by atoms with E-state index in [1.807, 2.05) is 30.3 Å². The highest BCUT2D eigenvalue weighted by Crippen LogP contribution is 2.18. The van der Waals surface area contributed by atoms with Crippen molar-refractivity contribution < 1.29 is 4.74 Å². The summed E-state index contributed by atoms with van der Waals surface area (Å²) in [6, 6.07) is 18.9. The van der Waals surface area contributed by atoms with Crippen LogP contribution in [0, 0.1) is 0 Å². The molecule has 1 unspecified atom stereocenters. The largest absolute Gasteiger partial charge is 0.492 e. The average molecular weight is 269 g/mol. The second-order valence-electron chi connectivity index (χ2n) is 4.83. The molecule has 0 aliphatic rings. The van der Waals surface area contributed by atoms with Gasteiger partial charge in [-0.25, -0.2) is 0 Å². The van der Waals surface area contributed by atoms with Crippen molar-refractivity contribution in [3.05, 3.63) is 65.7 Å². The van der Waals surface area contributed by atoms with Crippen molar-refractivity contribution in [1.82, 2.24) is 5.32 Å². The van der Waals surface area contributed by atoms with Crippen LogP contribution in [0.4, 0.5) is 0 Å². The zero-order chi connectivity index (χ0) is 14.2.